The maximum Gasteiger partial charge on any atom is 0.234 e. The van der Waals surface area contributed by atoms with Crippen LogP contribution in [0.5, 0.6) is 0 Å². The first-order valence-corrected chi connectivity index (χ1v) is 8.00. The molecule has 0 aliphatic carbocycles. The number of carbonyl (C=O) groups is 1. The molecule has 0 unspecified atom stereocenters. The summed E-state index contributed by atoms with van der Waals surface area (Å²) in [6.07, 6.45) is 1.42. The number of nitrogens with zero attached hydrogens (tertiary/aromatic N) is 3. The summed E-state index contributed by atoms with van der Waals surface area (Å²) in [5.74, 6) is 0.223. The molecule has 0 atom stereocenters. The van der Waals surface area contributed by atoms with Crippen molar-refractivity contribution in [2.24, 2.45) is 0 Å². The molecule has 2 aromatic rings. The predicted octanol–water partition coefficient (Wildman–Crippen LogP) is 1.37. The van der Waals surface area contributed by atoms with Gasteiger partial charge in [-0.2, -0.15) is 5.10 Å². The molecule has 0 radical (unpaired) electrons. The van der Waals surface area contributed by atoms with E-state index >= 15 is 0 Å². The van der Waals surface area contributed by atoms with Gasteiger partial charge in [-0.25, -0.2) is 4.98 Å². The number of aromatic amines is 1. The molecule has 22 heavy (non-hydrogen) atoms. The Kier molecular flexibility index (Phi) is 4.92. The van der Waals surface area contributed by atoms with Crippen molar-refractivity contribution in [1.82, 2.24) is 15.2 Å². The maximum absolute atomic E-state index is 11.9. The first-order chi connectivity index (χ1) is 10.8. The van der Waals surface area contributed by atoms with Crippen LogP contribution in [0.2, 0.25) is 0 Å². The van der Waals surface area contributed by atoms with Crippen LogP contribution in [0.1, 0.15) is 0 Å². The van der Waals surface area contributed by atoms with Crippen LogP contribution in [-0.4, -0.2) is 53.1 Å². The predicted molar refractivity (Wildman–Crippen MR) is 85.2 cm³/mol. The minimum Gasteiger partial charge on any atom is -0.378 e. The Balaban J connectivity index is 1.50. The zero-order valence-corrected chi connectivity index (χ0v) is 12.8. The van der Waals surface area contributed by atoms with E-state index in [-0.39, 0.29) is 5.91 Å². The summed E-state index contributed by atoms with van der Waals surface area (Å²) in [6, 6.07) is 7.87. The van der Waals surface area contributed by atoms with Gasteiger partial charge in [0.15, 0.2) is 5.16 Å². The summed E-state index contributed by atoms with van der Waals surface area (Å²) in [5.41, 5.74) is 1.94. The minimum absolute atomic E-state index is 0.0690. The fourth-order valence-electron chi connectivity index (χ4n) is 2.17. The summed E-state index contributed by atoms with van der Waals surface area (Å²) in [4.78, 5) is 18.1. The Morgan fingerprint density at radius 1 is 1.32 bits per heavy atom. The maximum atomic E-state index is 11.9. The number of ether oxygens (including phenoxy) is 1. The fourth-order valence-corrected chi connectivity index (χ4v) is 2.75. The van der Waals surface area contributed by atoms with Crippen molar-refractivity contribution in [3.05, 3.63) is 30.6 Å². The standard InChI is InChI=1S/C14H17N5O2S/c20-13(9-22-14-15-10-16-18-14)17-11-1-3-12(4-2-11)19-5-7-21-8-6-19/h1-4,10H,5-9H2,(H,17,20)(H,15,16,18). The number of amides is 1. The Hall–Kier alpha value is -2.06. The smallest absolute Gasteiger partial charge is 0.234 e. The van der Waals surface area contributed by atoms with Gasteiger partial charge >= 0.3 is 0 Å². The van der Waals surface area contributed by atoms with Crippen molar-refractivity contribution < 1.29 is 9.53 Å². The number of morpholine rings is 1. The number of nitrogens with one attached hydrogen (secondary N) is 2. The number of hydrogen-bond acceptors (Lipinski definition) is 6. The highest BCUT2D eigenvalue weighted by molar-refractivity contribution is 7.99. The average Bonchev–Trinajstić information content (AvgIpc) is 3.08. The van der Waals surface area contributed by atoms with Crippen LogP contribution >= 0.6 is 11.8 Å². The first-order valence-electron chi connectivity index (χ1n) is 7.02. The van der Waals surface area contributed by atoms with E-state index in [2.05, 4.69) is 25.4 Å². The molecule has 1 saturated heterocycles. The summed E-state index contributed by atoms with van der Waals surface area (Å²) >= 11 is 1.32. The quantitative estimate of drug-likeness (QED) is 0.810. The number of anilines is 2. The van der Waals surface area contributed by atoms with Gasteiger partial charge in [-0.1, -0.05) is 11.8 Å². The van der Waals surface area contributed by atoms with E-state index in [0.29, 0.717) is 10.9 Å². The SMILES string of the molecule is O=C(CSc1ncn[nH]1)Nc1ccc(N2CCOCC2)cc1. The molecule has 0 saturated carbocycles. The number of hydrogen-bond donors (Lipinski definition) is 2. The molecule has 1 fully saturated rings. The van der Waals surface area contributed by atoms with Crippen LogP contribution in [0, 0.1) is 0 Å². The van der Waals surface area contributed by atoms with E-state index < -0.39 is 0 Å². The van der Waals surface area contributed by atoms with E-state index in [1.807, 2.05) is 24.3 Å². The molecule has 0 spiro atoms. The number of benzene rings is 1. The van der Waals surface area contributed by atoms with E-state index in [1.54, 1.807) is 0 Å². The molecule has 8 heteroatoms. The molecule has 1 aliphatic rings. The molecule has 116 valence electrons. The molecule has 2 N–H and O–H groups in total. The van der Waals surface area contributed by atoms with Crippen LogP contribution in [0.3, 0.4) is 0 Å². The molecule has 1 aliphatic heterocycles. The second kappa shape index (κ2) is 7.28. The van der Waals surface area contributed by atoms with Gasteiger partial charge in [0, 0.05) is 24.5 Å². The molecule has 1 aromatic carbocycles. The topological polar surface area (TPSA) is 83.1 Å². The van der Waals surface area contributed by atoms with E-state index in [0.717, 1.165) is 37.7 Å². The fraction of sp³-hybridized carbons (Fsp3) is 0.357. The van der Waals surface area contributed by atoms with Gasteiger partial charge in [0.1, 0.15) is 6.33 Å². The van der Waals surface area contributed by atoms with Crippen LogP contribution < -0.4 is 10.2 Å². The Morgan fingerprint density at radius 2 is 2.09 bits per heavy atom. The normalized spacial score (nSPS) is 14.8. The molecule has 7 nitrogen and oxygen atoms in total. The minimum atomic E-state index is -0.0690. The molecular formula is C14H17N5O2S. The van der Waals surface area contributed by atoms with Gasteiger partial charge in [-0.05, 0) is 24.3 Å². The third-order valence-corrected chi connectivity index (χ3v) is 4.14. The third kappa shape index (κ3) is 3.99. The van der Waals surface area contributed by atoms with Gasteiger partial charge in [0.05, 0.1) is 19.0 Å². The lowest BCUT2D eigenvalue weighted by molar-refractivity contribution is -0.113. The van der Waals surface area contributed by atoms with E-state index in [4.69, 9.17) is 4.74 Å². The van der Waals surface area contributed by atoms with Crippen molar-refractivity contribution in [3.8, 4) is 0 Å². The number of rotatable bonds is 5. The summed E-state index contributed by atoms with van der Waals surface area (Å²) < 4.78 is 5.34. The second-order valence-corrected chi connectivity index (χ2v) is 5.74. The molecular weight excluding hydrogens is 302 g/mol. The number of H-pyrrole nitrogens is 1. The third-order valence-electron chi connectivity index (χ3n) is 3.26. The molecule has 2 heterocycles. The lowest BCUT2D eigenvalue weighted by atomic mass is 10.2. The first kappa shape index (κ1) is 14.9. The lowest BCUT2D eigenvalue weighted by Gasteiger charge is -2.28. The highest BCUT2D eigenvalue weighted by Gasteiger charge is 2.11. The van der Waals surface area contributed by atoms with Crippen LogP contribution in [0.15, 0.2) is 35.7 Å². The van der Waals surface area contributed by atoms with Crippen LogP contribution in [-0.2, 0) is 9.53 Å². The van der Waals surface area contributed by atoms with Crippen molar-refractivity contribution in [2.45, 2.75) is 5.16 Å². The van der Waals surface area contributed by atoms with Gasteiger partial charge in [-0.15, -0.1) is 0 Å². The van der Waals surface area contributed by atoms with E-state index in [1.165, 1.54) is 18.1 Å². The van der Waals surface area contributed by atoms with Crippen LogP contribution in [0.4, 0.5) is 11.4 Å². The Bertz CT molecular complexity index is 596. The van der Waals surface area contributed by atoms with Gasteiger partial charge < -0.3 is 15.0 Å². The van der Waals surface area contributed by atoms with Crippen molar-refractivity contribution in [2.75, 3.05) is 42.3 Å². The zero-order valence-electron chi connectivity index (χ0n) is 12.0. The molecule has 1 amide bonds. The highest BCUT2D eigenvalue weighted by atomic mass is 32.2. The Labute approximate surface area is 132 Å². The summed E-state index contributed by atoms with van der Waals surface area (Å²) in [5, 5.41) is 9.95. The molecule has 1 aromatic heterocycles. The monoisotopic (exact) mass is 319 g/mol. The zero-order chi connectivity index (χ0) is 15.2. The lowest BCUT2D eigenvalue weighted by Crippen LogP contribution is -2.36. The number of thioether (sulfide) groups is 1. The second-order valence-electron chi connectivity index (χ2n) is 4.77. The van der Waals surface area contributed by atoms with Crippen molar-refractivity contribution in [1.29, 1.82) is 0 Å². The van der Waals surface area contributed by atoms with Crippen molar-refractivity contribution >= 4 is 29.0 Å². The largest absolute Gasteiger partial charge is 0.378 e. The van der Waals surface area contributed by atoms with Crippen molar-refractivity contribution in [3.63, 3.8) is 0 Å². The van der Waals surface area contributed by atoms with E-state index in [9.17, 15) is 4.79 Å². The number of carbonyl (C=O) groups excluding carboxylic acids is 1. The molecule has 3 rings (SSSR count). The number of aromatic nitrogens is 3. The van der Waals surface area contributed by atoms with Gasteiger partial charge in [-0.3, -0.25) is 9.89 Å². The summed E-state index contributed by atoms with van der Waals surface area (Å²) in [6.45, 7) is 3.33. The van der Waals surface area contributed by atoms with Gasteiger partial charge in [0.25, 0.3) is 0 Å². The van der Waals surface area contributed by atoms with Gasteiger partial charge in [0.2, 0.25) is 5.91 Å². The average molecular weight is 319 g/mol. The molecule has 0 bridgehead atoms. The Morgan fingerprint density at radius 3 is 2.77 bits per heavy atom. The summed E-state index contributed by atoms with van der Waals surface area (Å²) in [7, 11) is 0. The van der Waals surface area contributed by atoms with Crippen LogP contribution in [0.25, 0.3) is 0 Å². The highest BCUT2D eigenvalue weighted by Crippen LogP contribution is 2.19.